The van der Waals surface area contributed by atoms with Crippen LogP contribution in [0.1, 0.15) is 57.1 Å². The monoisotopic (exact) mass is 406 g/mol. The van der Waals surface area contributed by atoms with Crippen LogP contribution in [0.4, 0.5) is 4.79 Å². The summed E-state index contributed by atoms with van der Waals surface area (Å²) in [6.45, 7) is 8.85. The van der Waals surface area contributed by atoms with E-state index in [-0.39, 0.29) is 11.7 Å². The number of ether oxygens (including phenoxy) is 1. The lowest BCUT2D eigenvalue weighted by Crippen LogP contribution is -2.36. The molecule has 4 nitrogen and oxygen atoms in total. The van der Waals surface area contributed by atoms with E-state index in [4.69, 9.17) is 4.74 Å². The van der Waals surface area contributed by atoms with Crippen molar-refractivity contribution >= 4 is 6.09 Å². The van der Waals surface area contributed by atoms with Crippen LogP contribution in [0.3, 0.4) is 0 Å². The van der Waals surface area contributed by atoms with Crippen LogP contribution in [0.25, 0.3) is 11.1 Å². The number of carbonyl (C=O) groups is 1. The Morgan fingerprint density at radius 2 is 1.57 bits per heavy atom. The van der Waals surface area contributed by atoms with Crippen LogP contribution in [0.15, 0.2) is 48.5 Å². The summed E-state index contributed by atoms with van der Waals surface area (Å²) in [6, 6.07) is 17.4. The summed E-state index contributed by atoms with van der Waals surface area (Å²) < 4.78 is 5.85. The van der Waals surface area contributed by atoms with Crippen LogP contribution in [0, 0.1) is 0 Å². The summed E-state index contributed by atoms with van der Waals surface area (Å²) in [6.07, 6.45) is 5.46. The molecule has 1 amide bonds. The molecule has 0 radical (unpaired) electrons. The Balaban J connectivity index is 1.47. The minimum absolute atomic E-state index is 0.150. The van der Waals surface area contributed by atoms with E-state index in [2.05, 4.69) is 67.3 Å². The minimum atomic E-state index is -0.230. The SMILES string of the molecule is CCN(CC)Cc1cccc(-c2cccc(CN3CC4(CCCCC4)OC3=O)c2)c1. The summed E-state index contributed by atoms with van der Waals surface area (Å²) >= 11 is 0. The first-order valence-electron chi connectivity index (χ1n) is 11.5. The number of rotatable bonds is 7. The summed E-state index contributed by atoms with van der Waals surface area (Å²) in [5.74, 6) is 0. The summed E-state index contributed by atoms with van der Waals surface area (Å²) in [5.41, 5.74) is 4.70. The molecule has 0 unspecified atom stereocenters. The van der Waals surface area contributed by atoms with Crippen LogP contribution in [-0.2, 0) is 17.8 Å². The first-order chi connectivity index (χ1) is 14.6. The third-order valence-electron chi connectivity index (χ3n) is 6.67. The smallest absolute Gasteiger partial charge is 0.410 e. The Morgan fingerprint density at radius 3 is 2.23 bits per heavy atom. The molecule has 1 saturated carbocycles. The molecule has 0 aromatic heterocycles. The second-order valence-corrected chi connectivity index (χ2v) is 8.83. The van der Waals surface area contributed by atoms with Crippen LogP contribution in [-0.4, -0.2) is 41.1 Å². The van der Waals surface area contributed by atoms with Crippen molar-refractivity contribution in [2.45, 2.75) is 64.6 Å². The van der Waals surface area contributed by atoms with E-state index in [1.165, 1.54) is 36.0 Å². The average Bonchev–Trinajstić information content (AvgIpc) is 3.06. The molecule has 0 N–H and O–H groups in total. The third-order valence-corrected chi connectivity index (χ3v) is 6.67. The molecule has 0 atom stereocenters. The van der Waals surface area contributed by atoms with Crippen molar-refractivity contribution in [3.8, 4) is 11.1 Å². The van der Waals surface area contributed by atoms with E-state index in [1.54, 1.807) is 0 Å². The summed E-state index contributed by atoms with van der Waals surface area (Å²) in [5, 5.41) is 0. The van der Waals surface area contributed by atoms with Gasteiger partial charge in [-0.05, 0) is 73.2 Å². The summed E-state index contributed by atoms with van der Waals surface area (Å²) in [4.78, 5) is 16.8. The van der Waals surface area contributed by atoms with Gasteiger partial charge in [-0.25, -0.2) is 4.79 Å². The third kappa shape index (κ3) is 4.70. The predicted molar refractivity (Wildman–Crippen MR) is 121 cm³/mol. The molecule has 160 valence electrons. The molecule has 1 spiro atoms. The van der Waals surface area contributed by atoms with Gasteiger partial charge in [0.2, 0.25) is 0 Å². The first-order valence-corrected chi connectivity index (χ1v) is 11.5. The van der Waals surface area contributed by atoms with Crippen molar-refractivity contribution in [3.63, 3.8) is 0 Å². The van der Waals surface area contributed by atoms with Crippen molar-refractivity contribution in [2.24, 2.45) is 0 Å². The van der Waals surface area contributed by atoms with E-state index in [1.807, 2.05) is 4.90 Å². The van der Waals surface area contributed by atoms with Crippen LogP contribution in [0.2, 0.25) is 0 Å². The maximum absolute atomic E-state index is 12.5. The van der Waals surface area contributed by atoms with Gasteiger partial charge < -0.3 is 4.74 Å². The van der Waals surface area contributed by atoms with E-state index in [9.17, 15) is 4.79 Å². The number of nitrogens with zero attached hydrogens (tertiary/aromatic N) is 2. The number of carbonyl (C=O) groups excluding carboxylic acids is 1. The van der Waals surface area contributed by atoms with Crippen molar-refractivity contribution in [3.05, 3.63) is 59.7 Å². The highest BCUT2D eigenvalue weighted by Gasteiger charge is 2.45. The van der Waals surface area contributed by atoms with E-state index in [0.717, 1.165) is 44.6 Å². The molecule has 2 aromatic carbocycles. The molecular weight excluding hydrogens is 372 g/mol. The number of amides is 1. The zero-order valence-electron chi connectivity index (χ0n) is 18.4. The van der Waals surface area contributed by atoms with Crippen LogP contribution >= 0.6 is 0 Å². The predicted octanol–water partition coefficient (Wildman–Crippen LogP) is 5.85. The lowest BCUT2D eigenvalue weighted by atomic mass is 9.85. The fourth-order valence-electron chi connectivity index (χ4n) is 4.90. The highest BCUT2D eigenvalue weighted by molar-refractivity contribution is 5.71. The maximum Gasteiger partial charge on any atom is 0.410 e. The van der Waals surface area contributed by atoms with Gasteiger partial charge in [0.1, 0.15) is 5.60 Å². The highest BCUT2D eigenvalue weighted by Crippen LogP contribution is 2.37. The molecule has 4 heteroatoms. The van der Waals surface area contributed by atoms with Gasteiger partial charge in [0.15, 0.2) is 0 Å². The molecule has 1 aliphatic heterocycles. The zero-order chi connectivity index (χ0) is 21.0. The topological polar surface area (TPSA) is 32.8 Å². The normalized spacial score (nSPS) is 18.2. The molecule has 2 fully saturated rings. The van der Waals surface area contributed by atoms with Crippen LogP contribution in [0.5, 0.6) is 0 Å². The average molecular weight is 407 g/mol. The maximum atomic E-state index is 12.5. The fraction of sp³-hybridized carbons (Fsp3) is 0.500. The molecule has 2 aliphatic rings. The van der Waals surface area contributed by atoms with E-state index < -0.39 is 0 Å². The molecule has 30 heavy (non-hydrogen) atoms. The fourth-order valence-corrected chi connectivity index (χ4v) is 4.90. The number of hydrogen-bond donors (Lipinski definition) is 0. The highest BCUT2D eigenvalue weighted by atomic mass is 16.6. The Hall–Kier alpha value is -2.33. The molecule has 1 saturated heterocycles. The molecule has 1 aliphatic carbocycles. The molecule has 4 rings (SSSR count). The van der Waals surface area contributed by atoms with Crippen molar-refractivity contribution in [2.75, 3.05) is 19.6 Å². The Labute approximate surface area is 180 Å². The van der Waals surface area contributed by atoms with Crippen LogP contribution < -0.4 is 0 Å². The van der Waals surface area contributed by atoms with Crippen molar-refractivity contribution < 1.29 is 9.53 Å². The lowest BCUT2D eigenvalue weighted by molar-refractivity contribution is 0.0260. The minimum Gasteiger partial charge on any atom is -0.441 e. The van der Waals surface area contributed by atoms with Gasteiger partial charge in [0.25, 0.3) is 0 Å². The molecule has 0 bridgehead atoms. The van der Waals surface area contributed by atoms with Gasteiger partial charge in [-0.1, -0.05) is 56.7 Å². The summed E-state index contributed by atoms with van der Waals surface area (Å²) in [7, 11) is 0. The van der Waals surface area contributed by atoms with Gasteiger partial charge in [-0.2, -0.15) is 0 Å². The van der Waals surface area contributed by atoms with Gasteiger partial charge in [-0.3, -0.25) is 9.80 Å². The molecule has 2 aromatic rings. The molecular formula is C26H34N2O2. The largest absolute Gasteiger partial charge is 0.441 e. The zero-order valence-corrected chi connectivity index (χ0v) is 18.4. The lowest BCUT2D eigenvalue weighted by Gasteiger charge is -2.30. The van der Waals surface area contributed by atoms with Crippen molar-refractivity contribution in [1.82, 2.24) is 9.80 Å². The molecule has 1 heterocycles. The van der Waals surface area contributed by atoms with E-state index in [0.29, 0.717) is 6.54 Å². The number of benzene rings is 2. The van der Waals surface area contributed by atoms with Gasteiger partial charge in [0, 0.05) is 13.1 Å². The second-order valence-electron chi connectivity index (χ2n) is 8.83. The Morgan fingerprint density at radius 1 is 0.933 bits per heavy atom. The second kappa shape index (κ2) is 9.22. The van der Waals surface area contributed by atoms with Gasteiger partial charge in [-0.15, -0.1) is 0 Å². The Bertz CT molecular complexity index is 869. The first kappa shape index (κ1) is 20.9. The number of hydrogen-bond acceptors (Lipinski definition) is 3. The van der Waals surface area contributed by atoms with Crippen molar-refractivity contribution in [1.29, 1.82) is 0 Å². The van der Waals surface area contributed by atoms with Gasteiger partial charge >= 0.3 is 6.09 Å². The van der Waals surface area contributed by atoms with Gasteiger partial charge in [0.05, 0.1) is 6.54 Å². The standard InChI is InChI=1S/C26H34N2O2/c1-3-27(4-2)18-21-10-8-12-23(16-21)24-13-9-11-22(17-24)19-28-20-26(30-25(28)29)14-6-5-7-15-26/h8-13,16-17H,3-7,14-15,18-20H2,1-2H3. The Kier molecular flexibility index (Phi) is 6.43. The quantitative estimate of drug-likeness (QED) is 0.578. The van der Waals surface area contributed by atoms with E-state index >= 15 is 0 Å².